The Labute approximate surface area is 190 Å². The van der Waals surface area contributed by atoms with E-state index in [-0.39, 0.29) is 6.09 Å². The molecule has 1 spiro atoms. The molecule has 0 radical (unpaired) electrons. The second-order valence-electron chi connectivity index (χ2n) is 9.44. The van der Waals surface area contributed by atoms with Gasteiger partial charge in [0.15, 0.2) is 0 Å². The molecular weight excluding hydrogens is 402 g/mol. The topological polar surface area (TPSA) is 45.2 Å². The average molecular weight is 436 g/mol. The van der Waals surface area contributed by atoms with Gasteiger partial charge in [0.25, 0.3) is 0 Å². The molecule has 2 aromatic rings. The van der Waals surface area contributed by atoms with Crippen LogP contribution in [0, 0.1) is 6.92 Å². The molecule has 0 saturated carbocycles. The van der Waals surface area contributed by atoms with E-state index >= 15 is 0 Å². The zero-order valence-corrected chi connectivity index (χ0v) is 19.0. The lowest BCUT2D eigenvalue weighted by Crippen LogP contribution is -2.37. The molecular formula is C26H33N3O3. The number of carbonyl (C=O) groups excluding carboxylic acids is 1. The van der Waals surface area contributed by atoms with Crippen LogP contribution in [0.5, 0.6) is 5.75 Å². The third-order valence-electron chi connectivity index (χ3n) is 6.94. The van der Waals surface area contributed by atoms with Crippen molar-refractivity contribution in [3.8, 4) is 5.75 Å². The van der Waals surface area contributed by atoms with Crippen molar-refractivity contribution in [3.05, 3.63) is 59.7 Å². The Balaban J connectivity index is 1.19. The molecule has 6 nitrogen and oxygen atoms in total. The molecule has 1 amide bonds. The first-order chi connectivity index (χ1) is 15.6. The Hall–Kier alpha value is -2.57. The first kappa shape index (κ1) is 21.3. The second-order valence-corrected chi connectivity index (χ2v) is 9.44. The van der Waals surface area contributed by atoms with E-state index < -0.39 is 5.60 Å². The lowest BCUT2D eigenvalue weighted by molar-refractivity contribution is 0.0628. The van der Waals surface area contributed by atoms with Crippen molar-refractivity contribution < 1.29 is 14.3 Å². The maximum atomic E-state index is 12.6. The van der Waals surface area contributed by atoms with Crippen molar-refractivity contribution in [1.29, 1.82) is 0 Å². The number of amides is 1. The highest BCUT2D eigenvalue weighted by Crippen LogP contribution is 2.36. The fraction of sp³-hybridized carbons (Fsp3) is 0.500. The predicted molar refractivity (Wildman–Crippen MR) is 125 cm³/mol. The van der Waals surface area contributed by atoms with Crippen molar-refractivity contribution >= 4 is 11.8 Å². The number of rotatable bonds is 7. The van der Waals surface area contributed by atoms with Crippen molar-refractivity contribution in [2.24, 2.45) is 0 Å². The first-order valence-corrected chi connectivity index (χ1v) is 11.8. The van der Waals surface area contributed by atoms with Crippen molar-refractivity contribution in [3.63, 3.8) is 0 Å². The lowest BCUT2D eigenvalue weighted by atomic mass is 10.0. The van der Waals surface area contributed by atoms with Gasteiger partial charge in [0, 0.05) is 43.9 Å². The minimum atomic E-state index is -0.423. The summed E-state index contributed by atoms with van der Waals surface area (Å²) in [5.74, 6) is 0.970. The summed E-state index contributed by atoms with van der Waals surface area (Å²) in [6.07, 6.45) is 3.23. The maximum Gasteiger partial charge on any atom is 0.415 e. The van der Waals surface area contributed by atoms with Crippen molar-refractivity contribution in [2.75, 3.05) is 50.8 Å². The Kier molecular flexibility index (Phi) is 6.07. The van der Waals surface area contributed by atoms with Gasteiger partial charge in [-0.2, -0.15) is 0 Å². The van der Waals surface area contributed by atoms with E-state index in [0.29, 0.717) is 6.54 Å². The number of carbonyl (C=O) groups is 1. The van der Waals surface area contributed by atoms with E-state index in [1.54, 1.807) is 4.90 Å². The number of aryl methyl sites for hydroxylation is 1. The van der Waals surface area contributed by atoms with E-state index in [1.165, 1.54) is 37.1 Å². The number of nitrogens with zero attached hydrogens (tertiary/aromatic N) is 3. The highest BCUT2D eigenvalue weighted by Gasteiger charge is 2.50. The Morgan fingerprint density at radius 1 is 0.969 bits per heavy atom. The quantitative estimate of drug-likeness (QED) is 0.656. The SMILES string of the molecule is Cc1ccc(N2CC3(CCN(Cc4ccccc4OCCN4CCCC4)C3)OC2=O)cc1. The van der Waals surface area contributed by atoms with Gasteiger partial charge < -0.3 is 9.47 Å². The molecule has 3 heterocycles. The van der Waals surface area contributed by atoms with E-state index in [4.69, 9.17) is 9.47 Å². The fourth-order valence-electron chi connectivity index (χ4n) is 5.13. The summed E-state index contributed by atoms with van der Waals surface area (Å²) in [5.41, 5.74) is 2.87. The smallest absolute Gasteiger partial charge is 0.415 e. The van der Waals surface area contributed by atoms with Gasteiger partial charge in [0.1, 0.15) is 18.0 Å². The monoisotopic (exact) mass is 435 g/mol. The maximum absolute atomic E-state index is 12.6. The minimum absolute atomic E-state index is 0.235. The molecule has 1 atom stereocenters. The number of benzene rings is 2. The molecule has 0 aromatic heterocycles. The van der Waals surface area contributed by atoms with Crippen LogP contribution in [0.2, 0.25) is 0 Å². The lowest BCUT2D eigenvalue weighted by Gasteiger charge is -2.23. The van der Waals surface area contributed by atoms with Crippen molar-refractivity contribution in [2.45, 2.75) is 38.3 Å². The van der Waals surface area contributed by atoms with Crippen LogP contribution in [0.15, 0.2) is 48.5 Å². The van der Waals surface area contributed by atoms with Gasteiger partial charge in [-0.3, -0.25) is 14.7 Å². The number of hydrogen-bond donors (Lipinski definition) is 0. The molecule has 6 heteroatoms. The van der Waals surface area contributed by atoms with E-state index in [9.17, 15) is 4.79 Å². The largest absolute Gasteiger partial charge is 0.492 e. The van der Waals surface area contributed by atoms with Gasteiger partial charge in [-0.1, -0.05) is 35.9 Å². The highest BCUT2D eigenvalue weighted by molar-refractivity contribution is 5.90. The molecule has 0 bridgehead atoms. The van der Waals surface area contributed by atoms with Crippen LogP contribution >= 0.6 is 0 Å². The Bertz CT molecular complexity index is 942. The number of ether oxygens (including phenoxy) is 2. The molecule has 0 aliphatic carbocycles. The summed E-state index contributed by atoms with van der Waals surface area (Å²) in [4.78, 5) is 19.3. The predicted octanol–water partition coefficient (Wildman–Crippen LogP) is 4.07. The summed E-state index contributed by atoms with van der Waals surface area (Å²) >= 11 is 0. The summed E-state index contributed by atoms with van der Waals surface area (Å²) < 4.78 is 12.1. The van der Waals surface area contributed by atoms with Gasteiger partial charge in [0.2, 0.25) is 0 Å². The van der Waals surface area contributed by atoms with Gasteiger partial charge in [-0.25, -0.2) is 4.79 Å². The third-order valence-corrected chi connectivity index (χ3v) is 6.94. The molecule has 0 N–H and O–H groups in total. The Morgan fingerprint density at radius 2 is 1.75 bits per heavy atom. The van der Waals surface area contributed by atoms with Crippen LogP contribution in [-0.2, 0) is 11.3 Å². The molecule has 2 aromatic carbocycles. The third kappa shape index (κ3) is 4.62. The molecule has 32 heavy (non-hydrogen) atoms. The number of anilines is 1. The minimum Gasteiger partial charge on any atom is -0.492 e. The summed E-state index contributed by atoms with van der Waals surface area (Å²) in [6.45, 7) is 9.24. The van der Waals surface area contributed by atoms with E-state index in [0.717, 1.165) is 50.6 Å². The van der Waals surface area contributed by atoms with Gasteiger partial charge in [0.05, 0.1) is 6.54 Å². The molecule has 3 aliphatic rings. The fourth-order valence-corrected chi connectivity index (χ4v) is 5.13. The zero-order valence-electron chi connectivity index (χ0n) is 19.0. The van der Waals surface area contributed by atoms with Gasteiger partial charge in [-0.05, 0) is 51.1 Å². The second kappa shape index (κ2) is 9.12. The van der Waals surface area contributed by atoms with Crippen LogP contribution in [0.3, 0.4) is 0 Å². The number of likely N-dealkylation sites (tertiary alicyclic amines) is 2. The van der Waals surface area contributed by atoms with Crippen LogP contribution < -0.4 is 9.64 Å². The molecule has 170 valence electrons. The highest BCUT2D eigenvalue weighted by atomic mass is 16.6. The summed E-state index contributed by atoms with van der Waals surface area (Å²) in [7, 11) is 0. The number of para-hydroxylation sites is 1. The zero-order chi connectivity index (χ0) is 22.0. The van der Waals surface area contributed by atoms with E-state index in [2.05, 4.69) is 34.9 Å². The van der Waals surface area contributed by atoms with Crippen LogP contribution in [0.25, 0.3) is 0 Å². The van der Waals surface area contributed by atoms with E-state index in [1.807, 2.05) is 30.3 Å². The number of hydrogen-bond acceptors (Lipinski definition) is 5. The van der Waals surface area contributed by atoms with Crippen LogP contribution in [-0.4, -0.2) is 67.4 Å². The Morgan fingerprint density at radius 3 is 2.56 bits per heavy atom. The molecule has 3 saturated heterocycles. The normalized spacial score (nSPS) is 23.9. The van der Waals surface area contributed by atoms with Crippen LogP contribution in [0.1, 0.15) is 30.4 Å². The summed E-state index contributed by atoms with van der Waals surface area (Å²) in [6, 6.07) is 16.4. The molecule has 3 fully saturated rings. The standard InChI is InChI=1S/C26H33N3O3/c1-21-8-10-23(11-9-21)29-20-26(32-25(29)30)12-15-28(19-26)18-22-6-2-3-7-24(22)31-17-16-27-13-4-5-14-27/h2-3,6-11H,4-5,12-20H2,1H3. The average Bonchev–Trinajstić information content (AvgIpc) is 3.51. The first-order valence-electron chi connectivity index (χ1n) is 11.8. The van der Waals surface area contributed by atoms with Crippen molar-refractivity contribution in [1.82, 2.24) is 9.80 Å². The molecule has 1 unspecified atom stereocenters. The molecule has 5 rings (SSSR count). The summed E-state index contributed by atoms with van der Waals surface area (Å²) in [5, 5.41) is 0. The van der Waals surface area contributed by atoms with Crippen LogP contribution in [0.4, 0.5) is 10.5 Å². The van der Waals surface area contributed by atoms with Gasteiger partial charge >= 0.3 is 6.09 Å². The molecule has 3 aliphatic heterocycles. The van der Waals surface area contributed by atoms with Gasteiger partial charge in [-0.15, -0.1) is 0 Å².